The fourth-order valence-electron chi connectivity index (χ4n) is 2.60. The van der Waals surface area contributed by atoms with E-state index in [1.54, 1.807) is 4.90 Å². The van der Waals surface area contributed by atoms with Crippen molar-refractivity contribution in [3.05, 3.63) is 34.9 Å². The molecule has 1 aliphatic heterocycles. The maximum absolute atomic E-state index is 12.4. The zero-order chi connectivity index (χ0) is 17.0. The number of amides is 1. The van der Waals surface area contributed by atoms with Gasteiger partial charge in [0, 0.05) is 17.6 Å². The first kappa shape index (κ1) is 18.0. The van der Waals surface area contributed by atoms with Crippen LogP contribution in [-0.2, 0) is 15.9 Å². The molecule has 0 aliphatic carbocycles. The highest BCUT2D eigenvalue weighted by Crippen LogP contribution is 2.19. The Bertz CT molecular complexity index is 545. The maximum Gasteiger partial charge on any atom is 0.410 e. The van der Waals surface area contributed by atoms with Crippen LogP contribution >= 0.6 is 11.6 Å². The molecule has 128 valence electrons. The van der Waals surface area contributed by atoms with Crippen molar-refractivity contribution < 1.29 is 14.3 Å². The molecule has 2 atom stereocenters. The predicted molar refractivity (Wildman–Crippen MR) is 90.7 cm³/mol. The molecule has 1 aromatic rings. The van der Waals surface area contributed by atoms with Crippen LogP contribution in [0.4, 0.5) is 4.79 Å². The number of carbonyl (C=O) groups is 1. The molecule has 0 spiro atoms. The second-order valence-corrected chi connectivity index (χ2v) is 7.25. The van der Waals surface area contributed by atoms with E-state index >= 15 is 0 Å². The Kier molecular flexibility index (Phi) is 5.89. The van der Waals surface area contributed by atoms with Gasteiger partial charge in [-0.2, -0.15) is 0 Å². The summed E-state index contributed by atoms with van der Waals surface area (Å²) in [7, 11) is 0. The number of nitrogens with two attached hydrogens (primary N) is 1. The first-order chi connectivity index (χ1) is 10.8. The third kappa shape index (κ3) is 5.37. The number of carbonyl (C=O) groups excluding carboxylic acids is 1. The van der Waals surface area contributed by atoms with Crippen molar-refractivity contribution in [2.45, 2.75) is 44.9 Å². The minimum atomic E-state index is -0.531. The van der Waals surface area contributed by atoms with Gasteiger partial charge < -0.3 is 15.2 Å². The smallest absolute Gasteiger partial charge is 0.410 e. The Morgan fingerprint density at radius 2 is 2.26 bits per heavy atom. The van der Waals surface area contributed by atoms with Gasteiger partial charge >= 0.3 is 6.09 Å². The van der Waals surface area contributed by atoms with Crippen molar-refractivity contribution in [3.63, 3.8) is 0 Å². The average molecular weight is 341 g/mol. The summed E-state index contributed by atoms with van der Waals surface area (Å²) in [5, 5.41) is 0.679. The van der Waals surface area contributed by atoms with Crippen molar-refractivity contribution in [2.24, 2.45) is 5.73 Å². The highest BCUT2D eigenvalue weighted by atomic mass is 35.5. The summed E-state index contributed by atoms with van der Waals surface area (Å²) in [5.74, 6) is 0. The summed E-state index contributed by atoms with van der Waals surface area (Å²) < 4.78 is 11.0. The second kappa shape index (κ2) is 7.51. The van der Waals surface area contributed by atoms with Crippen molar-refractivity contribution in [1.29, 1.82) is 0 Å². The molecular weight excluding hydrogens is 316 g/mol. The quantitative estimate of drug-likeness (QED) is 0.919. The third-order valence-corrected chi connectivity index (χ3v) is 3.88. The van der Waals surface area contributed by atoms with Gasteiger partial charge in [-0.25, -0.2) is 4.79 Å². The summed E-state index contributed by atoms with van der Waals surface area (Å²) in [4.78, 5) is 14.1. The van der Waals surface area contributed by atoms with Gasteiger partial charge in [0.25, 0.3) is 0 Å². The Morgan fingerprint density at radius 3 is 2.91 bits per heavy atom. The van der Waals surface area contributed by atoms with Crippen LogP contribution in [0.2, 0.25) is 5.02 Å². The topological polar surface area (TPSA) is 64.8 Å². The molecule has 1 fully saturated rings. The fraction of sp³-hybridized carbons (Fsp3) is 0.588. The lowest BCUT2D eigenvalue weighted by atomic mass is 9.99. The SMILES string of the molecule is CC(C)(C)OC(=O)N1CCOCC1C(N)Cc1cccc(Cl)c1. The number of hydrogen-bond acceptors (Lipinski definition) is 4. The molecule has 23 heavy (non-hydrogen) atoms. The number of benzene rings is 1. The van der Waals surface area contributed by atoms with Crippen molar-refractivity contribution in [3.8, 4) is 0 Å². The molecule has 0 bridgehead atoms. The van der Waals surface area contributed by atoms with Gasteiger partial charge in [-0.3, -0.25) is 4.90 Å². The van der Waals surface area contributed by atoms with Crippen LogP contribution < -0.4 is 5.73 Å². The molecule has 0 radical (unpaired) electrons. The highest BCUT2D eigenvalue weighted by molar-refractivity contribution is 6.30. The standard InChI is InChI=1S/C17H25ClN2O3/c1-17(2,3)23-16(21)20-7-8-22-11-15(20)14(19)10-12-5-4-6-13(18)9-12/h4-6,9,14-15H,7-8,10-11,19H2,1-3H3. The molecule has 1 heterocycles. The number of hydrogen-bond donors (Lipinski definition) is 1. The average Bonchev–Trinajstić information content (AvgIpc) is 2.45. The van der Waals surface area contributed by atoms with Gasteiger partial charge in [-0.1, -0.05) is 23.7 Å². The lowest BCUT2D eigenvalue weighted by molar-refractivity contribution is -0.0378. The molecule has 6 heteroatoms. The zero-order valence-electron chi connectivity index (χ0n) is 13.9. The van der Waals surface area contributed by atoms with E-state index in [2.05, 4.69) is 0 Å². The van der Waals surface area contributed by atoms with Gasteiger partial charge in [-0.15, -0.1) is 0 Å². The molecular formula is C17H25ClN2O3. The Labute approximate surface area is 142 Å². The van der Waals surface area contributed by atoms with E-state index in [9.17, 15) is 4.79 Å². The Morgan fingerprint density at radius 1 is 1.52 bits per heavy atom. The van der Waals surface area contributed by atoms with Crippen LogP contribution in [0.25, 0.3) is 0 Å². The molecule has 1 saturated heterocycles. The van der Waals surface area contributed by atoms with Crippen LogP contribution in [0.1, 0.15) is 26.3 Å². The number of nitrogens with zero attached hydrogens (tertiary/aromatic N) is 1. The van der Waals surface area contributed by atoms with Crippen LogP contribution in [0.15, 0.2) is 24.3 Å². The number of halogens is 1. The monoisotopic (exact) mass is 340 g/mol. The van der Waals surface area contributed by atoms with E-state index in [0.717, 1.165) is 5.56 Å². The van der Waals surface area contributed by atoms with Crippen molar-refractivity contribution in [1.82, 2.24) is 4.90 Å². The molecule has 0 saturated carbocycles. The highest BCUT2D eigenvalue weighted by Gasteiger charge is 2.34. The van der Waals surface area contributed by atoms with E-state index < -0.39 is 5.60 Å². The van der Waals surface area contributed by atoms with Crippen LogP contribution in [0.3, 0.4) is 0 Å². The summed E-state index contributed by atoms with van der Waals surface area (Å²) in [5.41, 5.74) is 6.86. The van der Waals surface area contributed by atoms with Crippen molar-refractivity contribution >= 4 is 17.7 Å². The van der Waals surface area contributed by atoms with Crippen LogP contribution in [-0.4, -0.2) is 48.4 Å². The number of rotatable bonds is 3. The maximum atomic E-state index is 12.4. The number of ether oxygens (including phenoxy) is 2. The summed E-state index contributed by atoms with van der Waals surface area (Å²) in [6, 6.07) is 7.13. The lowest BCUT2D eigenvalue weighted by Gasteiger charge is -2.39. The molecule has 1 aliphatic rings. The summed E-state index contributed by atoms with van der Waals surface area (Å²) in [6.07, 6.45) is 0.279. The van der Waals surface area contributed by atoms with E-state index in [4.69, 9.17) is 26.8 Å². The molecule has 1 aromatic carbocycles. The minimum Gasteiger partial charge on any atom is -0.444 e. The predicted octanol–water partition coefficient (Wildman–Crippen LogP) is 2.85. The Balaban J connectivity index is 2.06. The normalized spacial score (nSPS) is 20.2. The van der Waals surface area contributed by atoms with E-state index in [1.165, 1.54) is 0 Å². The largest absolute Gasteiger partial charge is 0.444 e. The van der Waals surface area contributed by atoms with E-state index in [-0.39, 0.29) is 18.2 Å². The van der Waals surface area contributed by atoms with Gasteiger partial charge in [0.2, 0.25) is 0 Å². The molecule has 2 unspecified atom stereocenters. The zero-order valence-corrected chi connectivity index (χ0v) is 14.7. The van der Waals surface area contributed by atoms with E-state index in [1.807, 2.05) is 45.0 Å². The second-order valence-electron chi connectivity index (χ2n) is 6.81. The summed E-state index contributed by atoms with van der Waals surface area (Å²) in [6.45, 7) is 6.97. The molecule has 1 amide bonds. The first-order valence-electron chi connectivity index (χ1n) is 7.83. The van der Waals surface area contributed by atoms with Crippen molar-refractivity contribution in [2.75, 3.05) is 19.8 Å². The molecule has 2 N–H and O–H groups in total. The molecule has 5 nitrogen and oxygen atoms in total. The van der Waals surface area contributed by atoms with Gasteiger partial charge in [0.15, 0.2) is 0 Å². The van der Waals surface area contributed by atoms with E-state index in [0.29, 0.717) is 31.2 Å². The fourth-order valence-corrected chi connectivity index (χ4v) is 2.81. The number of morpholine rings is 1. The van der Waals surface area contributed by atoms with Crippen LogP contribution in [0.5, 0.6) is 0 Å². The van der Waals surface area contributed by atoms with Crippen LogP contribution in [0, 0.1) is 0 Å². The van der Waals surface area contributed by atoms with Gasteiger partial charge in [-0.05, 0) is 44.9 Å². The van der Waals surface area contributed by atoms with Gasteiger partial charge in [0.05, 0.1) is 19.3 Å². The molecule has 0 aromatic heterocycles. The van der Waals surface area contributed by atoms with Gasteiger partial charge in [0.1, 0.15) is 5.60 Å². The summed E-state index contributed by atoms with van der Waals surface area (Å²) >= 11 is 6.02. The Hall–Kier alpha value is -1.30. The lowest BCUT2D eigenvalue weighted by Crippen LogP contribution is -2.58. The first-order valence-corrected chi connectivity index (χ1v) is 8.21. The third-order valence-electron chi connectivity index (χ3n) is 3.65. The minimum absolute atomic E-state index is 0.211. The molecule has 2 rings (SSSR count).